The molecule has 0 bridgehead atoms. The first-order chi connectivity index (χ1) is 11.6. The fraction of sp³-hybridized carbons (Fsp3) is 0.444. The predicted molar refractivity (Wildman–Crippen MR) is 98.2 cm³/mol. The smallest absolute Gasteiger partial charge is 0.317 e. The topological polar surface area (TPSA) is 65.5 Å². The lowest BCUT2D eigenvalue weighted by Crippen LogP contribution is -2.42. The van der Waals surface area contributed by atoms with Crippen molar-refractivity contribution in [3.8, 4) is 10.6 Å². The number of hydrogen-bond donors (Lipinski definition) is 2. The molecule has 0 aliphatic heterocycles. The van der Waals surface area contributed by atoms with E-state index in [2.05, 4.69) is 10.3 Å². The van der Waals surface area contributed by atoms with Gasteiger partial charge in [0.05, 0.1) is 23.2 Å². The fourth-order valence-electron chi connectivity index (χ4n) is 2.56. The molecular formula is C18H25N3O2S. The second kappa shape index (κ2) is 8.80. The van der Waals surface area contributed by atoms with Crippen molar-refractivity contribution in [3.05, 3.63) is 40.9 Å². The summed E-state index contributed by atoms with van der Waals surface area (Å²) in [5.74, 6) is 0. The van der Waals surface area contributed by atoms with Gasteiger partial charge in [-0.05, 0) is 20.3 Å². The van der Waals surface area contributed by atoms with Gasteiger partial charge in [-0.1, -0.05) is 37.3 Å². The Bertz CT molecular complexity index is 652. The van der Waals surface area contributed by atoms with E-state index >= 15 is 0 Å². The molecule has 1 unspecified atom stereocenters. The number of aryl methyl sites for hydroxylation is 1. The van der Waals surface area contributed by atoms with Crippen molar-refractivity contribution in [2.75, 3.05) is 19.7 Å². The number of carbonyl (C=O) groups is 1. The highest BCUT2D eigenvalue weighted by Crippen LogP contribution is 2.31. The van der Waals surface area contributed by atoms with E-state index in [1.165, 1.54) is 0 Å². The number of rotatable bonds is 7. The third-order valence-corrected chi connectivity index (χ3v) is 5.13. The Labute approximate surface area is 147 Å². The Morgan fingerprint density at radius 1 is 1.33 bits per heavy atom. The number of aliphatic hydroxyl groups excluding tert-OH is 1. The highest BCUT2D eigenvalue weighted by atomic mass is 32.1. The average Bonchev–Trinajstić information content (AvgIpc) is 2.97. The van der Waals surface area contributed by atoms with Crippen molar-refractivity contribution >= 4 is 17.4 Å². The van der Waals surface area contributed by atoms with Gasteiger partial charge in [0.25, 0.3) is 0 Å². The summed E-state index contributed by atoms with van der Waals surface area (Å²) in [7, 11) is 0. The fourth-order valence-corrected chi connectivity index (χ4v) is 3.64. The number of thiazole rings is 1. The van der Waals surface area contributed by atoms with E-state index in [-0.39, 0.29) is 18.7 Å². The average molecular weight is 347 g/mol. The molecule has 0 spiro atoms. The number of nitrogens with one attached hydrogen (secondary N) is 1. The van der Waals surface area contributed by atoms with E-state index in [1.54, 1.807) is 16.2 Å². The third kappa shape index (κ3) is 4.55. The van der Waals surface area contributed by atoms with Gasteiger partial charge >= 0.3 is 6.03 Å². The Balaban J connectivity index is 2.11. The van der Waals surface area contributed by atoms with Gasteiger partial charge in [0.1, 0.15) is 5.01 Å². The maximum atomic E-state index is 12.4. The summed E-state index contributed by atoms with van der Waals surface area (Å²) in [5.41, 5.74) is 2.03. The number of hydrogen-bond acceptors (Lipinski definition) is 4. The number of benzene rings is 1. The summed E-state index contributed by atoms with van der Waals surface area (Å²) in [6.45, 7) is 6.91. The van der Waals surface area contributed by atoms with Crippen LogP contribution in [0.2, 0.25) is 0 Å². The Morgan fingerprint density at radius 2 is 2.04 bits per heavy atom. The minimum Gasteiger partial charge on any atom is -0.395 e. The van der Waals surface area contributed by atoms with E-state index in [9.17, 15) is 4.79 Å². The second-order valence-electron chi connectivity index (χ2n) is 5.72. The second-order valence-corrected chi connectivity index (χ2v) is 6.75. The van der Waals surface area contributed by atoms with E-state index in [0.29, 0.717) is 13.1 Å². The zero-order valence-corrected chi connectivity index (χ0v) is 15.3. The highest BCUT2D eigenvalue weighted by molar-refractivity contribution is 7.15. The van der Waals surface area contributed by atoms with E-state index < -0.39 is 0 Å². The molecule has 1 atom stereocenters. The van der Waals surface area contributed by atoms with Crippen molar-refractivity contribution < 1.29 is 9.90 Å². The lowest BCUT2D eigenvalue weighted by molar-refractivity contribution is 0.175. The van der Waals surface area contributed by atoms with Crippen LogP contribution in [0.15, 0.2) is 30.3 Å². The molecule has 0 fully saturated rings. The molecular weight excluding hydrogens is 322 g/mol. The minimum absolute atomic E-state index is 0.0282. The van der Waals surface area contributed by atoms with Gasteiger partial charge in [-0.3, -0.25) is 0 Å². The van der Waals surface area contributed by atoms with E-state index in [0.717, 1.165) is 27.6 Å². The van der Waals surface area contributed by atoms with Crippen LogP contribution in [0.4, 0.5) is 4.79 Å². The summed E-state index contributed by atoms with van der Waals surface area (Å²) in [5, 5.41) is 13.1. The maximum absolute atomic E-state index is 12.4. The first-order valence-electron chi connectivity index (χ1n) is 8.25. The monoisotopic (exact) mass is 347 g/mol. The minimum atomic E-state index is -0.146. The first-order valence-corrected chi connectivity index (χ1v) is 9.07. The summed E-state index contributed by atoms with van der Waals surface area (Å²) in [6.07, 6.45) is 0.861. The Hall–Kier alpha value is -1.92. The molecule has 0 saturated heterocycles. The number of aromatic nitrogens is 1. The molecule has 1 heterocycles. The molecule has 2 rings (SSSR count). The predicted octanol–water partition coefficient (Wildman–Crippen LogP) is 3.59. The number of nitrogens with zero attached hydrogens (tertiary/aromatic N) is 2. The van der Waals surface area contributed by atoms with Gasteiger partial charge in [0, 0.05) is 18.7 Å². The van der Waals surface area contributed by atoms with Gasteiger partial charge in [0.15, 0.2) is 0 Å². The molecule has 0 saturated carbocycles. The van der Waals surface area contributed by atoms with Crippen molar-refractivity contribution in [1.82, 2.24) is 15.2 Å². The zero-order chi connectivity index (χ0) is 17.5. The highest BCUT2D eigenvalue weighted by Gasteiger charge is 2.19. The van der Waals surface area contributed by atoms with Crippen LogP contribution in [0.3, 0.4) is 0 Å². The quantitative estimate of drug-likeness (QED) is 0.804. The van der Waals surface area contributed by atoms with Crippen LogP contribution < -0.4 is 5.32 Å². The molecule has 2 N–H and O–H groups in total. The van der Waals surface area contributed by atoms with Gasteiger partial charge < -0.3 is 15.3 Å². The van der Waals surface area contributed by atoms with Crippen molar-refractivity contribution in [1.29, 1.82) is 0 Å². The molecule has 0 aliphatic carbocycles. The number of amides is 2. The Morgan fingerprint density at radius 3 is 2.67 bits per heavy atom. The molecule has 1 aromatic carbocycles. The van der Waals surface area contributed by atoms with E-state index in [1.807, 2.05) is 51.1 Å². The van der Waals surface area contributed by atoms with Gasteiger partial charge in [-0.2, -0.15) is 0 Å². The lowest BCUT2D eigenvalue weighted by Gasteiger charge is -2.24. The summed E-state index contributed by atoms with van der Waals surface area (Å²) < 4.78 is 0. The summed E-state index contributed by atoms with van der Waals surface area (Å²) in [6, 6.07) is 9.78. The number of carbonyl (C=O) groups excluding carboxylic acids is 1. The number of urea groups is 1. The molecule has 0 radical (unpaired) electrons. The van der Waals surface area contributed by atoms with Crippen LogP contribution >= 0.6 is 11.3 Å². The van der Waals surface area contributed by atoms with Crippen LogP contribution in [-0.4, -0.2) is 40.7 Å². The van der Waals surface area contributed by atoms with Crippen LogP contribution in [0.25, 0.3) is 10.6 Å². The normalized spacial score (nSPS) is 12.0. The van der Waals surface area contributed by atoms with Crippen molar-refractivity contribution in [3.63, 3.8) is 0 Å². The van der Waals surface area contributed by atoms with Crippen LogP contribution in [0.1, 0.15) is 36.9 Å². The number of aliphatic hydroxyl groups is 1. The third-order valence-electron chi connectivity index (χ3n) is 3.74. The van der Waals surface area contributed by atoms with Gasteiger partial charge in [0.2, 0.25) is 0 Å². The van der Waals surface area contributed by atoms with Crippen LogP contribution in [0, 0.1) is 6.92 Å². The van der Waals surface area contributed by atoms with Crippen LogP contribution in [0.5, 0.6) is 0 Å². The van der Waals surface area contributed by atoms with Crippen LogP contribution in [-0.2, 0) is 0 Å². The largest absolute Gasteiger partial charge is 0.395 e. The summed E-state index contributed by atoms with van der Waals surface area (Å²) >= 11 is 1.61. The van der Waals surface area contributed by atoms with Gasteiger partial charge in [-0.25, -0.2) is 9.78 Å². The maximum Gasteiger partial charge on any atom is 0.317 e. The van der Waals surface area contributed by atoms with E-state index in [4.69, 9.17) is 5.11 Å². The first kappa shape index (κ1) is 18.4. The lowest BCUT2D eigenvalue weighted by atomic mass is 10.2. The molecule has 2 aromatic rings. The molecule has 130 valence electrons. The SMILES string of the molecule is CCCN(CCO)C(=O)NC(C)c1sc(-c2ccccc2)nc1C. The zero-order valence-electron chi connectivity index (χ0n) is 14.5. The van der Waals surface area contributed by atoms with Gasteiger partial charge in [-0.15, -0.1) is 11.3 Å². The molecule has 0 aliphatic rings. The molecule has 6 heteroatoms. The summed E-state index contributed by atoms with van der Waals surface area (Å²) in [4.78, 5) is 19.7. The standard InChI is InChI=1S/C18H25N3O2S/c1-4-10-21(11-12-22)18(23)20-14(3)16-13(2)19-17(24-16)15-8-6-5-7-9-15/h5-9,14,22H,4,10-12H2,1-3H3,(H,20,23). The Kier molecular flexibility index (Phi) is 6.75. The molecule has 2 amide bonds. The van der Waals surface area contributed by atoms with Crippen molar-refractivity contribution in [2.45, 2.75) is 33.2 Å². The molecule has 5 nitrogen and oxygen atoms in total. The molecule has 1 aromatic heterocycles. The van der Waals surface area contributed by atoms with Crippen molar-refractivity contribution in [2.24, 2.45) is 0 Å². The molecule has 24 heavy (non-hydrogen) atoms.